The molecule has 4 nitrogen and oxygen atoms in total. The summed E-state index contributed by atoms with van der Waals surface area (Å²) in [6.45, 7) is 2.46. The number of hydrogen-bond donors (Lipinski definition) is 2. The van der Waals surface area contributed by atoms with Crippen LogP contribution in [0.5, 0.6) is 0 Å². The van der Waals surface area contributed by atoms with E-state index in [1.807, 2.05) is 31.2 Å². The maximum Gasteiger partial charge on any atom is 0.307 e. The smallest absolute Gasteiger partial charge is 0.307 e. The average molecular weight is 261 g/mol. The molecule has 1 aliphatic rings. The van der Waals surface area contributed by atoms with E-state index in [4.69, 9.17) is 5.11 Å². The molecule has 0 saturated heterocycles. The summed E-state index contributed by atoms with van der Waals surface area (Å²) < 4.78 is 0. The van der Waals surface area contributed by atoms with Gasteiger partial charge in [-0.3, -0.25) is 9.59 Å². The van der Waals surface area contributed by atoms with Crippen LogP contribution in [0.3, 0.4) is 0 Å². The molecule has 0 spiro atoms. The number of carboxylic acid groups (broad SMARTS) is 1. The zero-order chi connectivity index (χ0) is 13.8. The lowest BCUT2D eigenvalue weighted by molar-refractivity contribution is -0.146. The SMILES string of the molecule is Cc1ccccc1CNC(=O)[C@@H]1CCC[C@@H]1C(=O)O. The summed E-state index contributed by atoms with van der Waals surface area (Å²) in [7, 11) is 0. The summed E-state index contributed by atoms with van der Waals surface area (Å²) in [5, 5.41) is 11.9. The van der Waals surface area contributed by atoms with E-state index >= 15 is 0 Å². The number of hydrogen-bond acceptors (Lipinski definition) is 2. The van der Waals surface area contributed by atoms with Gasteiger partial charge >= 0.3 is 5.97 Å². The first-order chi connectivity index (χ1) is 9.09. The molecule has 1 aromatic rings. The van der Waals surface area contributed by atoms with E-state index < -0.39 is 11.9 Å². The molecular formula is C15H19NO3. The van der Waals surface area contributed by atoms with E-state index in [1.54, 1.807) is 0 Å². The standard InChI is InChI=1S/C15H19NO3/c1-10-5-2-3-6-11(10)9-16-14(17)12-7-4-8-13(12)15(18)19/h2-3,5-6,12-13H,4,7-9H2,1H3,(H,16,17)(H,18,19)/t12-,13+/m1/s1. The number of aryl methyl sites for hydroxylation is 1. The van der Waals surface area contributed by atoms with Crippen molar-refractivity contribution < 1.29 is 14.7 Å². The van der Waals surface area contributed by atoms with Crippen LogP contribution in [0.1, 0.15) is 30.4 Å². The van der Waals surface area contributed by atoms with Crippen molar-refractivity contribution in [2.24, 2.45) is 11.8 Å². The van der Waals surface area contributed by atoms with Crippen molar-refractivity contribution >= 4 is 11.9 Å². The molecule has 2 atom stereocenters. The van der Waals surface area contributed by atoms with Crippen LogP contribution in [0.4, 0.5) is 0 Å². The number of carboxylic acids is 1. The number of aliphatic carboxylic acids is 1. The molecule has 4 heteroatoms. The van der Waals surface area contributed by atoms with Gasteiger partial charge in [-0.25, -0.2) is 0 Å². The molecule has 0 aromatic heterocycles. The molecule has 102 valence electrons. The van der Waals surface area contributed by atoms with Crippen LogP contribution in [0.25, 0.3) is 0 Å². The van der Waals surface area contributed by atoms with Gasteiger partial charge in [-0.1, -0.05) is 30.7 Å². The lowest BCUT2D eigenvalue weighted by Gasteiger charge is -2.16. The Bertz CT molecular complexity index is 484. The Kier molecular flexibility index (Phi) is 4.20. The Morgan fingerprint density at radius 3 is 2.63 bits per heavy atom. The van der Waals surface area contributed by atoms with Crippen LogP contribution in [-0.4, -0.2) is 17.0 Å². The molecule has 2 N–H and O–H groups in total. The van der Waals surface area contributed by atoms with Gasteiger partial charge in [-0.15, -0.1) is 0 Å². The maximum absolute atomic E-state index is 12.1. The first-order valence-corrected chi connectivity index (χ1v) is 6.64. The van der Waals surface area contributed by atoms with Gasteiger partial charge in [0.2, 0.25) is 5.91 Å². The Hall–Kier alpha value is -1.84. The number of carbonyl (C=O) groups excluding carboxylic acids is 1. The van der Waals surface area contributed by atoms with Crippen LogP contribution in [0, 0.1) is 18.8 Å². The molecule has 0 heterocycles. The normalized spacial score (nSPS) is 22.2. The molecule has 1 fully saturated rings. The minimum absolute atomic E-state index is 0.131. The van der Waals surface area contributed by atoms with Crippen molar-refractivity contribution in [1.29, 1.82) is 0 Å². The van der Waals surface area contributed by atoms with Gasteiger partial charge in [-0.05, 0) is 30.9 Å². The highest BCUT2D eigenvalue weighted by atomic mass is 16.4. The van der Waals surface area contributed by atoms with Gasteiger partial charge in [0.05, 0.1) is 11.8 Å². The van der Waals surface area contributed by atoms with Crippen LogP contribution in [0.15, 0.2) is 24.3 Å². The van der Waals surface area contributed by atoms with Gasteiger partial charge < -0.3 is 10.4 Å². The molecular weight excluding hydrogens is 242 g/mol. The van der Waals surface area contributed by atoms with E-state index in [0.29, 0.717) is 19.4 Å². The number of nitrogens with one attached hydrogen (secondary N) is 1. The Labute approximate surface area is 112 Å². The first kappa shape index (κ1) is 13.6. The lowest BCUT2D eigenvalue weighted by Crippen LogP contribution is -2.35. The van der Waals surface area contributed by atoms with E-state index in [1.165, 1.54) is 0 Å². The largest absolute Gasteiger partial charge is 0.481 e. The molecule has 1 aliphatic carbocycles. The number of rotatable bonds is 4. The van der Waals surface area contributed by atoms with Crippen molar-refractivity contribution in [2.45, 2.75) is 32.7 Å². The van der Waals surface area contributed by atoms with Crippen LogP contribution in [-0.2, 0) is 16.1 Å². The highest BCUT2D eigenvalue weighted by molar-refractivity contribution is 5.85. The Morgan fingerprint density at radius 2 is 1.95 bits per heavy atom. The summed E-state index contributed by atoms with van der Waals surface area (Å²) in [4.78, 5) is 23.1. The topological polar surface area (TPSA) is 66.4 Å². The summed E-state index contributed by atoms with van der Waals surface area (Å²) in [5.74, 6) is -1.87. The predicted octanol–water partition coefficient (Wildman–Crippen LogP) is 2.11. The van der Waals surface area contributed by atoms with Gasteiger partial charge in [0.25, 0.3) is 0 Å². The molecule has 0 unspecified atom stereocenters. The molecule has 1 aromatic carbocycles. The highest BCUT2D eigenvalue weighted by Crippen LogP contribution is 2.32. The Morgan fingerprint density at radius 1 is 1.26 bits per heavy atom. The van der Waals surface area contributed by atoms with Crippen molar-refractivity contribution in [1.82, 2.24) is 5.32 Å². The zero-order valence-corrected chi connectivity index (χ0v) is 11.1. The minimum Gasteiger partial charge on any atom is -0.481 e. The molecule has 0 radical (unpaired) electrons. The fourth-order valence-electron chi connectivity index (χ4n) is 2.69. The fourth-order valence-corrected chi connectivity index (χ4v) is 2.69. The minimum atomic E-state index is -0.853. The van der Waals surface area contributed by atoms with Gasteiger partial charge in [0, 0.05) is 6.54 Å². The number of carbonyl (C=O) groups is 2. The lowest BCUT2D eigenvalue weighted by atomic mass is 9.95. The molecule has 0 bridgehead atoms. The summed E-state index contributed by atoms with van der Waals surface area (Å²) in [6, 6.07) is 7.86. The quantitative estimate of drug-likeness (QED) is 0.872. The molecule has 1 saturated carbocycles. The summed E-state index contributed by atoms with van der Waals surface area (Å²) in [6.07, 6.45) is 2.10. The molecule has 1 amide bonds. The first-order valence-electron chi connectivity index (χ1n) is 6.64. The second-order valence-electron chi connectivity index (χ2n) is 5.13. The van der Waals surface area contributed by atoms with Gasteiger partial charge in [-0.2, -0.15) is 0 Å². The second-order valence-corrected chi connectivity index (χ2v) is 5.13. The third-order valence-electron chi connectivity index (χ3n) is 3.88. The van der Waals surface area contributed by atoms with E-state index in [2.05, 4.69) is 5.32 Å². The molecule has 2 rings (SSSR count). The molecule has 19 heavy (non-hydrogen) atoms. The fraction of sp³-hybridized carbons (Fsp3) is 0.467. The maximum atomic E-state index is 12.1. The van der Waals surface area contributed by atoms with Crippen molar-refractivity contribution in [2.75, 3.05) is 0 Å². The van der Waals surface area contributed by atoms with Gasteiger partial charge in [0.15, 0.2) is 0 Å². The van der Waals surface area contributed by atoms with Crippen molar-refractivity contribution in [3.63, 3.8) is 0 Å². The molecule has 0 aliphatic heterocycles. The van der Waals surface area contributed by atoms with Crippen LogP contribution in [0.2, 0.25) is 0 Å². The second kappa shape index (κ2) is 5.87. The number of amides is 1. The van der Waals surface area contributed by atoms with Gasteiger partial charge in [0.1, 0.15) is 0 Å². The van der Waals surface area contributed by atoms with Crippen LogP contribution < -0.4 is 5.32 Å². The third-order valence-corrected chi connectivity index (χ3v) is 3.88. The van der Waals surface area contributed by atoms with E-state index in [-0.39, 0.29) is 11.8 Å². The van der Waals surface area contributed by atoms with Crippen molar-refractivity contribution in [3.8, 4) is 0 Å². The van der Waals surface area contributed by atoms with Crippen LogP contribution >= 0.6 is 0 Å². The summed E-state index contributed by atoms with van der Waals surface area (Å²) in [5.41, 5.74) is 2.20. The van der Waals surface area contributed by atoms with Crippen molar-refractivity contribution in [3.05, 3.63) is 35.4 Å². The monoisotopic (exact) mass is 261 g/mol. The average Bonchev–Trinajstić information content (AvgIpc) is 2.87. The third kappa shape index (κ3) is 3.13. The highest BCUT2D eigenvalue weighted by Gasteiger charge is 2.37. The number of benzene rings is 1. The summed E-state index contributed by atoms with van der Waals surface area (Å²) >= 11 is 0. The zero-order valence-electron chi connectivity index (χ0n) is 11.1. The predicted molar refractivity (Wildman–Crippen MR) is 71.5 cm³/mol. The van der Waals surface area contributed by atoms with E-state index in [9.17, 15) is 9.59 Å². The van der Waals surface area contributed by atoms with E-state index in [0.717, 1.165) is 17.5 Å². The Balaban J connectivity index is 1.95.